The number of aromatic nitrogens is 2. The average molecular weight is 356 g/mol. The number of hydrogen-bond acceptors (Lipinski definition) is 4. The summed E-state index contributed by atoms with van der Waals surface area (Å²) in [5.74, 6) is 1.31. The van der Waals surface area contributed by atoms with Gasteiger partial charge in [-0.3, -0.25) is 4.79 Å². The maximum atomic E-state index is 12.9. The number of aryl methyl sites for hydroxylation is 1. The van der Waals surface area contributed by atoms with E-state index in [1.807, 2.05) is 30.9 Å². The fourth-order valence-electron chi connectivity index (χ4n) is 3.05. The zero-order valence-corrected chi connectivity index (χ0v) is 16.1. The molecule has 1 aliphatic rings. The van der Waals surface area contributed by atoms with Crippen LogP contribution in [0.25, 0.3) is 0 Å². The van der Waals surface area contributed by atoms with Crippen molar-refractivity contribution in [3.05, 3.63) is 53.0 Å². The molecule has 132 valence electrons. The number of rotatable bonds is 4. The minimum atomic E-state index is -0.153. The van der Waals surface area contributed by atoms with Crippen molar-refractivity contribution in [2.24, 2.45) is 0 Å². The Labute approximate surface area is 154 Å². The van der Waals surface area contributed by atoms with E-state index in [9.17, 15) is 4.79 Å². The van der Waals surface area contributed by atoms with E-state index < -0.39 is 0 Å². The molecule has 2 heterocycles. The van der Waals surface area contributed by atoms with E-state index in [0.29, 0.717) is 6.54 Å². The van der Waals surface area contributed by atoms with Gasteiger partial charge in [-0.2, -0.15) is 0 Å². The monoisotopic (exact) mass is 355 g/mol. The third kappa shape index (κ3) is 4.21. The smallest absolute Gasteiger partial charge is 0.236 e. The van der Waals surface area contributed by atoms with E-state index in [2.05, 4.69) is 42.0 Å². The highest BCUT2D eigenvalue weighted by atomic mass is 32.2. The second-order valence-electron chi connectivity index (χ2n) is 6.90. The van der Waals surface area contributed by atoms with Crippen molar-refractivity contribution < 1.29 is 4.79 Å². The number of hydrogen-bond donors (Lipinski definition) is 0. The molecule has 4 nitrogen and oxygen atoms in total. The Morgan fingerprint density at radius 1 is 1.16 bits per heavy atom. The third-order valence-electron chi connectivity index (χ3n) is 4.45. The summed E-state index contributed by atoms with van der Waals surface area (Å²) in [4.78, 5) is 23.9. The molecular formula is C20H25N3OS. The van der Waals surface area contributed by atoms with Crippen LogP contribution in [0.5, 0.6) is 0 Å². The standard InChI is InChI=1S/C20H25N3OS/c1-13(2)19-21-14(3)11-18(22-19)25-15(4)20(24)23-10-9-16-7-5-6-8-17(16)12-23/h5-8,11,13,15H,9-10,12H2,1-4H3. The molecule has 0 spiro atoms. The van der Waals surface area contributed by atoms with E-state index in [1.165, 1.54) is 22.9 Å². The normalized spacial score (nSPS) is 15.2. The second-order valence-corrected chi connectivity index (χ2v) is 8.26. The van der Waals surface area contributed by atoms with Crippen molar-refractivity contribution in [3.63, 3.8) is 0 Å². The summed E-state index contributed by atoms with van der Waals surface area (Å²) >= 11 is 1.53. The topological polar surface area (TPSA) is 46.1 Å². The summed E-state index contributed by atoms with van der Waals surface area (Å²) < 4.78 is 0. The highest BCUT2D eigenvalue weighted by molar-refractivity contribution is 8.00. The lowest BCUT2D eigenvalue weighted by molar-refractivity contribution is -0.131. The summed E-state index contributed by atoms with van der Waals surface area (Å²) in [5.41, 5.74) is 3.58. The van der Waals surface area contributed by atoms with Gasteiger partial charge < -0.3 is 4.90 Å². The molecule has 3 rings (SSSR count). The average Bonchev–Trinajstić information content (AvgIpc) is 2.60. The first-order valence-corrected chi connectivity index (χ1v) is 9.70. The zero-order chi connectivity index (χ0) is 18.0. The predicted molar refractivity (Wildman–Crippen MR) is 102 cm³/mol. The molecule has 0 aliphatic carbocycles. The van der Waals surface area contributed by atoms with Gasteiger partial charge >= 0.3 is 0 Å². The Morgan fingerprint density at radius 2 is 1.88 bits per heavy atom. The van der Waals surface area contributed by atoms with Crippen molar-refractivity contribution in [3.8, 4) is 0 Å². The Hall–Kier alpha value is -1.88. The van der Waals surface area contributed by atoms with Gasteiger partial charge in [0.15, 0.2) is 0 Å². The summed E-state index contributed by atoms with van der Waals surface area (Å²) in [7, 11) is 0. The number of carbonyl (C=O) groups excluding carboxylic acids is 1. The predicted octanol–water partition coefficient (Wildman–Crippen LogP) is 3.97. The van der Waals surface area contributed by atoms with Gasteiger partial charge in [-0.05, 0) is 37.5 Å². The highest BCUT2D eigenvalue weighted by Crippen LogP contribution is 2.27. The SMILES string of the molecule is Cc1cc(SC(C)C(=O)N2CCc3ccccc3C2)nc(C(C)C)n1. The molecule has 5 heteroatoms. The Kier molecular flexibility index (Phi) is 5.42. The van der Waals surface area contributed by atoms with Gasteiger partial charge in [-0.25, -0.2) is 9.97 Å². The first-order chi connectivity index (χ1) is 11.9. The van der Waals surface area contributed by atoms with E-state index in [-0.39, 0.29) is 17.1 Å². The number of thioether (sulfide) groups is 1. The Morgan fingerprint density at radius 3 is 2.60 bits per heavy atom. The molecule has 1 atom stereocenters. The van der Waals surface area contributed by atoms with Gasteiger partial charge in [0.25, 0.3) is 0 Å². The van der Waals surface area contributed by atoms with Crippen LogP contribution in [0.2, 0.25) is 0 Å². The first kappa shape index (κ1) is 17.9. The molecule has 0 N–H and O–H groups in total. The molecule has 2 aromatic rings. The quantitative estimate of drug-likeness (QED) is 0.615. The van der Waals surface area contributed by atoms with Crippen LogP contribution in [0.4, 0.5) is 0 Å². The van der Waals surface area contributed by atoms with E-state index in [1.54, 1.807) is 0 Å². The van der Waals surface area contributed by atoms with Gasteiger partial charge in [0, 0.05) is 24.7 Å². The van der Waals surface area contributed by atoms with Crippen molar-refractivity contribution in [2.45, 2.75) is 56.9 Å². The minimum Gasteiger partial charge on any atom is -0.337 e. The molecule has 0 saturated carbocycles. The summed E-state index contributed by atoms with van der Waals surface area (Å²) in [5, 5.41) is 0.731. The molecule has 25 heavy (non-hydrogen) atoms. The van der Waals surface area contributed by atoms with Crippen molar-refractivity contribution >= 4 is 17.7 Å². The first-order valence-electron chi connectivity index (χ1n) is 8.82. The lowest BCUT2D eigenvalue weighted by Gasteiger charge is -2.30. The molecular weight excluding hydrogens is 330 g/mol. The van der Waals surface area contributed by atoms with Gasteiger partial charge in [0.05, 0.1) is 5.25 Å². The maximum Gasteiger partial charge on any atom is 0.236 e. The molecule has 1 unspecified atom stereocenters. The third-order valence-corrected chi connectivity index (χ3v) is 5.46. The van der Waals surface area contributed by atoms with E-state index >= 15 is 0 Å². The summed E-state index contributed by atoms with van der Waals surface area (Å²) in [6.07, 6.45) is 0.934. The summed E-state index contributed by atoms with van der Waals surface area (Å²) in [6, 6.07) is 10.4. The van der Waals surface area contributed by atoms with Crippen LogP contribution in [0.3, 0.4) is 0 Å². The summed E-state index contributed by atoms with van der Waals surface area (Å²) in [6.45, 7) is 9.62. The van der Waals surface area contributed by atoms with Crippen LogP contribution in [-0.4, -0.2) is 32.6 Å². The molecule has 1 amide bonds. The van der Waals surface area contributed by atoms with E-state index in [4.69, 9.17) is 0 Å². The number of nitrogens with zero attached hydrogens (tertiary/aromatic N) is 3. The number of fused-ring (bicyclic) bond motifs is 1. The van der Waals surface area contributed by atoms with Crippen LogP contribution in [-0.2, 0) is 17.8 Å². The van der Waals surface area contributed by atoms with Crippen molar-refractivity contribution in [1.29, 1.82) is 0 Å². The van der Waals surface area contributed by atoms with Gasteiger partial charge in [-0.15, -0.1) is 0 Å². The van der Waals surface area contributed by atoms with Crippen molar-refractivity contribution in [2.75, 3.05) is 6.54 Å². The Bertz CT molecular complexity index is 775. The van der Waals surface area contributed by atoms with Crippen molar-refractivity contribution in [1.82, 2.24) is 14.9 Å². The maximum absolute atomic E-state index is 12.9. The fraction of sp³-hybridized carbons (Fsp3) is 0.450. The van der Waals surface area contributed by atoms with Gasteiger partial charge in [-0.1, -0.05) is 49.9 Å². The molecule has 1 aliphatic heterocycles. The molecule has 0 bridgehead atoms. The fourth-order valence-corrected chi connectivity index (χ4v) is 4.05. The molecule has 0 saturated heterocycles. The lowest BCUT2D eigenvalue weighted by Crippen LogP contribution is -2.40. The second kappa shape index (κ2) is 7.56. The number of benzene rings is 1. The van der Waals surface area contributed by atoms with Crippen LogP contribution in [0.1, 0.15) is 49.3 Å². The highest BCUT2D eigenvalue weighted by Gasteiger charge is 2.25. The minimum absolute atomic E-state index is 0.153. The van der Waals surface area contributed by atoms with Crippen LogP contribution in [0, 0.1) is 6.92 Å². The van der Waals surface area contributed by atoms with Gasteiger partial charge in [0.2, 0.25) is 5.91 Å². The van der Waals surface area contributed by atoms with E-state index in [0.717, 1.165) is 29.5 Å². The lowest BCUT2D eigenvalue weighted by atomic mass is 10.00. The molecule has 0 fully saturated rings. The van der Waals surface area contributed by atoms with Crippen LogP contribution >= 0.6 is 11.8 Å². The Balaban J connectivity index is 1.69. The molecule has 1 aromatic heterocycles. The van der Waals surface area contributed by atoms with Gasteiger partial charge in [0.1, 0.15) is 10.9 Å². The van der Waals surface area contributed by atoms with Crippen LogP contribution < -0.4 is 0 Å². The molecule has 0 radical (unpaired) electrons. The molecule has 1 aromatic carbocycles. The van der Waals surface area contributed by atoms with Crippen LogP contribution in [0.15, 0.2) is 35.4 Å². The largest absolute Gasteiger partial charge is 0.337 e. The number of carbonyl (C=O) groups is 1. The zero-order valence-electron chi connectivity index (χ0n) is 15.3. The number of amides is 1.